The third-order valence-corrected chi connectivity index (χ3v) is 6.32. The largest absolute Gasteiger partial charge is 0.505 e. The second-order valence-electron chi connectivity index (χ2n) is 8.37. The van der Waals surface area contributed by atoms with Crippen LogP contribution >= 0.6 is 23.2 Å². The monoisotopic (exact) mass is 526 g/mol. The molecule has 2 fully saturated rings. The number of hydrogen-bond donors (Lipinski definition) is 3. The smallest absolute Gasteiger partial charge is 0.264 e. The number of carbonyl (C=O) groups is 6. The Balaban J connectivity index is 1.83. The molecule has 2 saturated heterocycles. The lowest BCUT2D eigenvalue weighted by atomic mass is 10.0. The Kier molecular flexibility index (Phi) is 8.34. The van der Waals surface area contributed by atoms with Crippen LogP contribution in [0.3, 0.4) is 0 Å². The number of hydrazine groups is 1. The second kappa shape index (κ2) is 11.0. The maximum absolute atomic E-state index is 13.4. The molecular weight excluding hydrogens is 503 g/mol. The van der Waals surface area contributed by atoms with E-state index >= 15 is 0 Å². The van der Waals surface area contributed by atoms with Gasteiger partial charge >= 0.3 is 0 Å². The summed E-state index contributed by atoms with van der Waals surface area (Å²) in [5.74, 6) is -3.15. The van der Waals surface area contributed by atoms with Crippen LogP contribution in [0, 0.1) is 0 Å². The fourth-order valence-electron chi connectivity index (χ4n) is 4.07. The number of aromatic hydroxyl groups is 1. The molecule has 35 heavy (non-hydrogen) atoms. The zero-order chi connectivity index (χ0) is 25.9. The summed E-state index contributed by atoms with van der Waals surface area (Å²) in [7, 11) is 0. The number of nitrogens with zero attached hydrogens (tertiary/aromatic N) is 2. The van der Waals surface area contributed by atoms with Gasteiger partial charge in [-0.3, -0.25) is 29.0 Å². The highest BCUT2D eigenvalue weighted by atomic mass is 35.5. The number of nitrogens with one attached hydrogen (secondary N) is 2. The lowest BCUT2D eigenvalue weighted by Gasteiger charge is -2.43. The predicted octanol–water partition coefficient (Wildman–Crippen LogP) is 0.989. The van der Waals surface area contributed by atoms with E-state index in [0.717, 1.165) is 5.01 Å². The Labute approximate surface area is 210 Å². The molecule has 3 rings (SSSR count). The third-order valence-electron chi connectivity index (χ3n) is 5.75. The summed E-state index contributed by atoms with van der Waals surface area (Å²) in [4.78, 5) is 74.6. The maximum atomic E-state index is 13.4. The van der Waals surface area contributed by atoms with Crippen molar-refractivity contribution in [1.82, 2.24) is 20.7 Å². The minimum absolute atomic E-state index is 0.00834. The average molecular weight is 527 g/mol. The van der Waals surface area contributed by atoms with E-state index in [9.17, 15) is 33.9 Å². The van der Waals surface area contributed by atoms with Crippen molar-refractivity contribution in [1.29, 1.82) is 0 Å². The maximum Gasteiger partial charge on any atom is 0.264 e. The van der Waals surface area contributed by atoms with E-state index in [-0.39, 0.29) is 59.5 Å². The minimum Gasteiger partial charge on any atom is -0.505 e. The summed E-state index contributed by atoms with van der Waals surface area (Å²) >= 11 is 11.8. The number of ketones is 1. The number of phenolic OH excluding ortho intramolecular Hbond substituents is 1. The molecule has 1 aromatic carbocycles. The third kappa shape index (κ3) is 5.91. The van der Waals surface area contributed by atoms with Gasteiger partial charge in [0, 0.05) is 24.9 Å². The van der Waals surface area contributed by atoms with Gasteiger partial charge in [-0.25, -0.2) is 5.01 Å². The molecule has 0 bridgehead atoms. The summed E-state index contributed by atoms with van der Waals surface area (Å²) < 4.78 is 0. The van der Waals surface area contributed by atoms with E-state index in [2.05, 4.69) is 10.6 Å². The fraction of sp³-hybridized carbons (Fsp3) is 0.455. The summed E-state index contributed by atoms with van der Waals surface area (Å²) in [5.41, 5.74) is -0.0102. The number of Topliss-reactive ketones (excluding diaryl/α,β-unsaturated/α-hetero) is 1. The van der Waals surface area contributed by atoms with Crippen LogP contribution in [-0.4, -0.2) is 75.5 Å². The first-order valence-corrected chi connectivity index (χ1v) is 11.7. The van der Waals surface area contributed by atoms with E-state index in [4.69, 9.17) is 23.2 Å². The van der Waals surface area contributed by atoms with Crippen LogP contribution in [0.15, 0.2) is 12.1 Å². The summed E-state index contributed by atoms with van der Waals surface area (Å²) in [6.07, 6.45) is 0.831. The van der Waals surface area contributed by atoms with Crippen molar-refractivity contribution >= 4 is 58.9 Å². The van der Waals surface area contributed by atoms with Gasteiger partial charge < -0.3 is 20.5 Å². The van der Waals surface area contributed by atoms with Crippen LogP contribution in [0.25, 0.3) is 0 Å². The topological polar surface area (TPSA) is 153 Å². The second-order valence-corrected chi connectivity index (χ2v) is 9.18. The molecular formula is C22H24Cl2N4O7. The first-order chi connectivity index (χ1) is 16.5. The molecule has 3 N–H and O–H groups in total. The van der Waals surface area contributed by atoms with Crippen molar-refractivity contribution < 1.29 is 33.9 Å². The minimum atomic E-state index is -1.14. The first-order valence-electron chi connectivity index (χ1n) is 10.9. The molecule has 0 spiro atoms. The lowest BCUT2D eigenvalue weighted by Crippen LogP contribution is -2.64. The van der Waals surface area contributed by atoms with Crippen molar-refractivity contribution in [3.05, 3.63) is 27.7 Å². The standard InChI is InChI=1S/C22H24Cl2N4O7/c1-11(30)7-13(10-29)25-21(34)17-3-2-6-27-18(31)5-4-16(22(35)28(17)27)26-20(33)12-8-14(23)19(32)15(24)9-12/h8-10,13,16-17,32H,2-7H2,1H3,(H,25,34)(H,26,33). The summed E-state index contributed by atoms with van der Waals surface area (Å²) in [5, 5.41) is 16.6. The fourth-order valence-corrected chi connectivity index (χ4v) is 4.55. The van der Waals surface area contributed by atoms with E-state index in [0.29, 0.717) is 12.7 Å². The van der Waals surface area contributed by atoms with E-state index in [1.165, 1.54) is 24.1 Å². The van der Waals surface area contributed by atoms with Crippen LogP contribution in [0.4, 0.5) is 0 Å². The highest BCUT2D eigenvalue weighted by Crippen LogP contribution is 2.33. The Hall–Kier alpha value is -3.18. The van der Waals surface area contributed by atoms with Crippen molar-refractivity contribution in [2.75, 3.05) is 6.54 Å². The molecule has 3 atom stereocenters. The van der Waals surface area contributed by atoms with Gasteiger partial charge in [-0.15, -0.1) is 0 Å². The molecule has 0 aliphatic carbocycles. The number of amides is 4. The van der Waals surface area contributed by atoms with Crippen molar-refractivity contribution in [3.63, 3.8) is 0 Å². The van der Waals surface area contributed by atoms with Crippen LogP contribution < -0.4 is 10.6 Å². The Morgan fingerprint density at radius 1 is 1.20 bits per heavy atom. The van der Waals surface area contributed by atoms with Crippen molar-refractivity contribution in [2.45, 2.75) is 57.2 Å². The summed E-state index contributed by atoms with van der Waals surface area (Å²) in [6, 6.07) is -0.946. The molecule has 188 valence electrons. The van der Waals surface area contributed by atoms with E-state index in [1.807, 2.05) is 0 Å². The Morgan fingerprint density at radius 2 is 1.86 bits per heavy atom. The first kappa shape index (κ1) is 26.4. The van der Waals surface area contributed by atoms with Gasteiger partial charge in [0.25, 0.3) is 11.8 Å². The van der Waals surface area contributed by atoms with E-state index < -0.39 is 41.6 Å². The van der Waals surface area contributed by atoms with Gasteiger partial charge in [-0.05, 0) is 38.3 Å². The number of carbonyl (C=O) groups excluding carboxylic acids is 6. The molecule has 2 aliphatic heterocycles. The molecule has 11 nitrogen and oxygen atoms in total. The molecule has 13 heteroatoms. The van der Waals surface area contributed by atoms with Gasteiger partial charge in [0.05, 0.1) is 16.1 Å². The van der Waals surface area contributed by atoms with Crippen molar-refractivity contribution in [2.24, 2.45) is 0 Å². The molecule has 0 saturated carbocycles. The Bertz CT molecular complexity index is 1060. The average Bonchev–Trinajstić information content (AvgIpc) is 2.93. The van der Waals surface area contributed by atoms with Crippen LogP contribution in [0.1, 0.15) is 49.4 Å². The van der Waals surface area contributed by atoms with Crippen LogP contribution in [0.5, 0.6) is 5.75 Å². The highest BCUT2D eigenvalue weighted by molar-refractivity contribution is 6.37. The molecule has 2 aliphatic rings. The van der Waals surface area contributed by atoms with Gasteiger partial charge in [0.15, 0.2) is 5.75 Å². The van der Waals surface area contributed by atoms with Crippen molar-refractivity contribution in [3.8, 4) is 5.75 Å². The zero-order valence-corrected chi connectivity index (χ0v) is 20.3. The van der Waals surface area contributed by atoms with Gasteiger partial charge in [-0.2, -0.15) is 0 Å². The number of aldehydes is 1. The molecule has 1 aromatic rings. The van der Waals surface area contributed by atoms with Gasteiger partial charge in [0.2, 0.25) is 11.8 Å². The number of fused-ring (bicyclic) bond motifs is 1. The zero-order valence-electron chi connectivity index (χ0n) is 18.8. The number of rotatable bonds is 7. The number of benzene rings is 1. The molecule has 0 aromatic heterocycles. The predicted molar refractivity (Wildman–Crippen MR) is 123 cm³/mol. The van der Waals surface area contributed by atoms with Crippen LogP contribution in [0.2, 0.25) is 10.0 Å². The lowest BCUT2D eigenvalue weighted by molar-refractivity contribution is -0.176. The van der Waals surface area contributed by atoms with Crippen LogP contribution in [-0.2, 0) is 24.0 Å². The highest BCUT2D eigenvalue weighted by Gasteiger charge is 2.45. The van der Waals surface area contributed by atoms with E-state index in [1.54, 1.807) is 0 Å². The molecule has 2 heterocycles. The quantitative estimate of drug-likeness (QED) is 0.447. The normalized spacial score (nSPS) is 21.0. The number of phenols is 1. The SMILES string of the molecule is CC(=O)CC(C=O)NC(=O)C1CCCN2C(=O)CCC(NC(=O)c3cc(Cl)c(O)c(Cl)c3)C(=O)N12. The molecule has 0 radical (unpaired) electrons. The molecule has 4 amide bonds. The number of halogens is 2. The molecule has 3 unspecified atom stereocenters. The number of hydrogen-bond acceptors (Lipinski definition) is 7. The van der Waals surface area contributed by atoms with Gasteiger partial charge in [0.1, 0.15) is 24.2 Å². The van der Waals surface area contributed by atoms with Gasteiger partial charge in [-0.1, -0.05) is 23.2 Å². The summed E-state index contributed by atoms with van der Waals surface area (Å²) in [6.45, 7) is 1.49. The Morgan fingerprint density at radius 3 is 2.46 bits per heavy atom.